The molecular weight excluding hydrogens is 614 g/mol. The molecular formula is C25H44BrN3O10S. The third-order valence-electron chi connectivity index (χ3n) is 3.95. The van der Waals surface area contributed by atoms with Gasteiger partial charge in [0, 0.05) is 30.6 Å². The van der Waals surface area contributed by atoms with Gasteiger partial charge in [0.1, 0.15) is 19.8 Å². The summed E-state index contributed by atoms with van der Waals surface area (Å²) in [5.74, 6) is 11.0. The van der Waals surface area contributed by atoms with Gasteiger partial charge < -0.3 is 48.4 Å². The van der Waals surface area contributed by atoms with Gasteiger partial charge in [-0.05, 0) is 11.8 Å². The highest BCUT2D eigenvalue weighted by atomic mass is 79.9. The Morgan fingerprint density at radius 3 is 1.50 bits per heavy atom. The lowest BCUT2D eigenvalue weighted by atomic mass is 10.5. The molecule has 0 spiro atoms. The quantitative estimate of drug-likeness (QED) is 0.0440. The molecule has 232 valence electrons. The number of rotatable bonds is 29. The van der Waals surface area contributed by atoms with Crippen LogP contribution in [0.5, 0.6) is 0 Å². The maximum atomic E-state index is 11.2. The fourth-order valence-electron chi connectivity index (χ4n) is 2.21. The molecule has 40 heavy (non-hydrogen) atoms. The molecule has 0 rings (SSSR count). The smallest absolute Gasteiger partial charge is 0.418 e. The number of halogens is 1. The maximum Gasteiger partial charge on any atom is 0.418 e. The summed E-state index contributed by atoms with van der Waals surface area (Å²) in [5, 5.41) is 0.601. The maximum absolute atomic E-state index is 11.2. The number of nitrogens with two attached hydrogens (primary N) is 1. The SMILES string of the molecule is NCCOCCOCCOCCOCC#CC#CCOCCOCCOCCOCCNSNC(=O)OCCBr. The average molecular weight is 659 g/mol. The second kappa shape index (κ2) is 35.8. The summed E-state index contributed by atoms with van der Waals surface area (Å²) in [4.78, 5) is 11.2. The molecule has 0 aliphatic rings. The highest BCUT2D eigenvalue weighted by Crippen LogP contribution is 1.90. The third-order valence-corrected chi connectivity index (χ3v) is 4.89. The molecule has 13 nitrogen and oxygen atoms in total. The van der Waals surface area contributed by atoms with Gasteiger partial charge in [-0.25, -0.2) is 9.52 Å². The van der Waals surface area contributed by atoms with E-state index in [1.807, 2.05) is 0 Å². The molecule has 0 saturated carbocycles. The van der Waals surface area contributed by atoms with Crippen molar-refractivity contribution in [3.8, 4) is 23.7 Å². The van der Waals surface area contributed by atoms with Crippen LogP contribution in [0.2, 0.25) is 0 Å². The second-order valence-electron chi connectivity index (χ2n) is 7.09. The minimum Gasteiger partial charge on any atom is -0.448 e. The van der Waals surface area contributed by atoms with Gasteiger partial charge in [0.25, 0.3) is 0 Å². The first-order valence-electron chi connectivity index (χ1n) is 13.0. The van der Waals surface area contributed by atoms with Crippen LogP contribution in [0.4, 0.5) is 4.79 Å². The van der Waals surface area contributed by atoms with Crippen LogP contribution in [0.1, 0.15) is 0 Å². The summed E-state index contributed by atoms with van der Waals surface area (Å²) in [6.07, 6.45) is -0.490. The normalized spacial score (nSPS) is 10.4. The number of ether oxygens (including phenoxy) is 9. The van der Waals surface area contributed by atoms with Crippen LogP contribution in [-0.2, 0) is 42.6 Å². The lowest BCUT2D eigenvalue weighted by Crippen LogP contribution is -2.24. The van der Waals surface area contributed by atoms with Crippen molar-refractivity contribution in [3.63, 3.8) is 0 Å². The summed E-state index contributed by atoms with van der Waals surface area (Å²) in [7, 11) is 0. The molecule has 0 aromatic heterocycles. The Hall–Kier alpha value is -1.18. The monoisotopic (exact) mass is 657 g/mol. The van der Waals surface area contributed by atoms with E-state index in [2.05, 4.69) is 49.1 Å². The fourth-order valence-corrected chi connectivity index (χ4v) is 2.77. The van der Waals surface area contributed by atoms with Crippen LogP contribution in [0, 0.1) is 23.7 Å². The lowest BCUT2D eigenvalue weighted by molar-refractivity contribution is 0.00204. The Morgan fingerprint density at radius 1 is 0.625 bits per heavy atom. The van der Waals surface area contributed by atoms with E-state index in [1.165, 1.54) is 0 Å². The van der Waals surface area contributed by atoms with E-state index in [0.29, 0.717) is 124 Å². The number of carbonyl (C=O) groups is 1. The first-order valence-corrected chi connectivity index (χ1v) is 14.9. The van der Waals surface area contributed by atoms with E-state index in [0.717, 1.165) is 12.1 Å². The van der Waals surface area contributed by atoms with Crippen molar-refractivity contribution in [1.29, 1.82) is 0 Å². The molecule has 1 amide bonds. The van der Waals surface area contributed by atoms with E-state index < -0.39 is 6.09 Å². The van der Waals surface area contributed by atoms with E-state index >= 15 is 0 Å². The average Bonchev–Trinajstić information content (AvgIpc) is 2.96. The van der Waals surface area contributed by atoms with Crippen molar-refractivity contribution >= 4 is 34.2 Å². The van der Waals surface area contributed by atoms with Crippen LogP contribution < -0.4 is 15.2 Å². The Kier molecular flexibility index (Phi) is 34.8. The van der Waals surface area contributed by atoms with Gasteiger partial charge in [0.05, 0.1) is 92.5 Å². The van der Waals surface area contributed by atoms with E-state index in [9.17, 15) is 4.79 Å². The molecule has 0 aromatic rings. The van der Waals surface area contributed by atoms with Gasteiger partial charge in [-0.2, -0.15) is 0 Å². The molecule has 0 unspecified atom stereocenters. The molecule has 0 aliphatic heterocycles. The number of amides is 1. The third kappa shape index (κ3) is 34.8. The lowest BCUT2D eigenvalue weighted by Gasteiger charge is -2.08. The van der Waals surface area contributed by atoms with Crippen LogP contribution in [0.25, 0.3) is 0 Å². The Labute approximate surface area is 250 Å². The Bertz CT molecular complexity index is 677. The van der Waals surface area contributed by atoms with Gasteiger partial charge in [0.15, 0.2) is 0 Å². The van der Waals surface area contributed by atoms with Gasteiger partial charge in [-0.1, -0.05) is 27.8 Å². The van der Waals surface area contributed by atoms with E-state index in [-0.39, 0.29) is 6.61 Å². The second-order valence-corrected chi connectivity index (χ2v) is 8.58. The predicted octanol–water partition coefficient (Wildman–Crippen LogP) is 0.359. The van der Waals surface area contributed by atoms with Crippen LogP contribution in [-0.4, -0.2) is 137 Å². The molecule has 15 heteroatoms. The van der Waals surface area contributed by atoms with Crippen LogP contribution in [0.15, 0.2) is 0 Å². The fraction of sp³-hybridized carbons (Fsp3) is 0.800. The van der Waals surface area contributed by atoms with Crippen LogP contribution in [0.3, 0.4) is 0 Å². The Morgan fingerprint density at radius 2 is 1.05 bits per heavy atom. The molecule has 0 bridgehead atoms. The largest absolute Gasteiger partial charge is 0.448 e. The molecule has 0 saturated heterocycles. The van der Waals surface area contributed by atoms with Crippen molar-refractivity contribution in [2.24, 2.45) is 5.73 Å². The number of hydrogen-bond donors (Lipinski definition) is 3. The molecule has 0 atom stereocenters. The molecule has 0 aliphatic carbocycles. The minimum absolute atomic E-state index is 0.284. The van der Waals surface area contributed by atoms with Crippen molar-refractivity contribution < 1.29 is 47.4 Å². The summed E-state index contributed by atoms with van der Waals surface area (Å²) < 4.78 is 53.1. The standard InChI is InChI=1S/C25H44BrN3O10S/c26-5-10-39-25(30)29-40-28-7-12-34-16-20-38-24-22-36-18-14-32-9-4-2-1-3-8-31-13-17-35-21-23-37-19-15-33-11-6-27/h28H,5-24,27H2,(H,29,30). The first kappa shape index (κ1) is 38.8. The zero-order chi connectivity index (χ0) is 29.0. The highest BCUT2D eigenvalue weighted by molar-refractivity contribution is 9.09. The van der Waals surface area contributed by atoms with Crippen molar-refractivity contribution in [2.75, 3.05) is 131 Å². The molecule has 0 aromatic carbocycles. The zero-order valence-corrected chi connectivity index (χ0v) is 25.5. The highest BCUT2D eigenvalue weighted by Gasteiger charge is 2.00. The number of hydrogen-bond acceptors (Lipinski definition) is 13. The zero-order valence-electron chi connectivity index (χ0n) is 23.1. The summed E-state index contributed by atoms with van der Waals surface area (Å²) in [6, 6.07) is 0. The first-order chi connectivity index (χ1) is 19.8. The topological polar surface area (TPSA) is 150 Å². The van der Waals surface area contributed by atoms with Crippen LogP contribution >= 0.6 is 28.1 Å². The van der Waals surface area contributed by atoms with E-state index in [1.54, 1.807) is 0 Å². The molecule has 0 heterocycles. The van der Waals surface area contributed by atoms with Crippen molar-refractivity contribution in [1.82, 2.24) is 9.44 Å². The predicted molar refractivity (Wildman–Crippen MR) is 155 cm³/mol. The van der Waals surface area contributed by atoms with Crippen molar-refractivity contribution in [2.45, 2.75) is 0 Å². The van der Waals surface area contributed by atoms with Gasteiger partial charge in [-0.3, -0.25) is 4.72 Å². The summed E-state index contributed by atoms with van der Waals surface area (Å²) >= 11 is 4.22. The number of carbonyl (C=O) groups excluding carboxylic acids is 1. The van der Waals surface area contributed by atoms with Gasteiger partial charge >= 0.3 is 6.09 Å². The Balaban J connectivity index is 3.22. The van der Waals surface area contributed by atoms with Gasteiger partial charge in [-0.15, -0.1) is 0 Å². The number of nitrogens with one attached hydrogen (secondary N) is 2. The van der Waals surface area contributed by atoms with Gasteiger partial charge in [0.2, 0.25) is 0 Å². The molecule has 0 fully saturated rings. The number of alkyl halides is 1. The molecule has 0 radical (unpaired) electrons. The van der Waals surface area contributed by atoms with E-state index in [4.69, 9.17) is 48.4 Å². The van der Waals surface area contributed by atoms with Crippen molar-refractivity contribution in [3.05, 3.63) is 0 Å². The summed E-state index contributed by atoms with van der Waals surface area (Å²) in [6.45, 7) is 8.84. The molecule has 4 N–H and O–H groups in total. The minimum atomic E-state index is -0.490. The summed E-state index contributed by atoms with van der Waals surface area (Å²) in [5.41, 5.74) is 5.32.